The first-order valence-corrected chi connectivity index (χ1v) is 9.45. The number of nitrogens with one attached hydrogen (secondary N) is 1. The van der Waals surface area contributed by atoms with Crippen molar-refractivity contribution in [1.82, 2.24) is 5.32 Å². The summed E-state index contributed by atoms with van der Waals surface area (Å²) in [7, 11) is 0. The van der Waals surface area contributed by atoms with Gasteiger partial charge in [0.1, 0.15) is 11.9 Å². The minimum atomic E-state index is -1.00. The summed E-state index contributed by atoms with van der Waals surface area (Å²) in [6.45, 7) is 1.88. The zero-order valence-electron chi connectivity index (χ0n) is 15.9. The molecule has 1 aliphatic rings. The second kappa shape index (κ2) is 7.54. The fourth-order valence-electron chi connectivity index (χ4n) is 4.20. The molecule has 2 unspecified atom stereocenters. The molecule has 0 fully saturated rings. The number of amides is 1. The van der Waals surface area contributed by atoms with E-state index in [4.69, 9.17) is 0 Å². The van der Waals surface area contributed by atoms with Gasteiger partial charge in [-0.2, -0.15) is 0 Å². The molecule has 0 spiro atoms. The summed E-state index contributed by atoms with van der Waals surface area (Å²) >= 11 is 0. The second-order valence-corrected chi connectivity index (χ2v) is 7.30. The Kier molecular flexibility index (Phi) is 4.92. The van der Waals surface area contributed by atoms with Crippen LogP contribution in [0.3, 0.4) is 0 Å². The van der Waals surface area contributed by atoms with Crippen molar-refractivity contribution in [2.75, 3.05) is 11.4 Å². The van der Waals surface area contributed by atoms with Crippen LogP contribution in [0.1, 0.15) is 24.0 Å². The van der Waals surface area contributed by atoms with Crippen LogP contribution in [0.15, 0.2) is 60.7 Å². The van der Waals surface area contributed by atoms with Gasteiger partial charge in [0.15, 0.2) is 0 Å². The molecule has 1 heterocycles. The maximum absolute atomic E-state index is 14.0. The lowest BCUT2D eigenvalue weighted by Gasteiger charge is -2.28. The number of anilines is 1. The van der Waals surface area contributed by atoms with Crippen LogP contribution in [-0.4, -0.2) is 29.6 Å². The van der Waals surface area contributed by atoms with Gasteiger partial charge in [0.25, 0.3) is 0 Å². The summed E-state index contributed by atoms with van der Waals surface area (Å²) in [5, 5.41) is 14.8. The van der Waals surface area contributed by atoms with Crippen LogP contribution in [0.4, 0.5) is 10.1 Å². The molecule has 6 heteroatoms. The summed E-state index contributed by atoms with van der Waals surface area (Å²) in [4.78, 5) is 25.5. The van der Waals surface area contributed by atoms with Crippen LogP contribution >= 0.6 is 0 Å². The van der Waals surface area contributed by atoms with Crippen LogP contribution in [0.25, 0.3) is 10.8 Å². The van der Waals surface area contributed by atoms with E-state index >= 15 is 0 Å². The quantitative estimate of drug-likeness (QED) is 0.695. The van der Waals surface area contributed by atoms with Crippen LogP contribution in [0, 0.1) is 5.82 Å². The number of carbonyl (C=O) groups is 2. The fraction of sp³-hybridized carbons (Fsp3) is 0.217. The summed E-state index contributed by atoms with van der Waals surface area (Å²) in [5.41, 5.74) is 2.28. The van der Waals surface area contributed by atoms with Crippen molar-refractivity contribution in [3.63, 3.8) is 0 Å². The van der Waals surface area contributed by atoms with E-state index in [1.54, 1.807) is 11.0 Å². The molecule has 2 N–H and O–H groups in total. The highest BCUT2D eigenvalue weighted by atomic mass is 19.1. The van der Waals surface area contributed by atoms with E-state index in [2.05, 4.69) is 5.32 Å². The van der Waals surface area contributed by atoms with Crippen molar-refractivity contribution < 1.29 is 19.1 Å². The van der Waals surface area contributed by atoms with E-state index in [0.29, 0.717) is 17.8 Å². The maximum Gasteiger partial charge on any atom is 0.327 e. The number of nitrogens with zero attached hydrogens (tertiary/aromatic N) is 1. The molecule has 0 aromatic heterocycles. The zero-order chi connectivity index (χ0) is 20.5. The maximum atomic E-state index is 14.0. The SMILES string of the molecule is CC(=O)NCC1c2cc(F)ccc2N(Cc2cccc3ccccc23)C1C(=O)O. The molecule has 0 bridgehead atoms. The third-order valence-electron chi connectivity index (χ3n) is 5.46. The molecule has 5 nitrogen and oxygen atoms in total. The summed E-state index contributed by atoms with van der Waals surface area (Å²) < 4.78 is 14.0. The van der Waals surface area contributed by atoms with Gasteiger partial charge in [-0.15, -0.1) is 0 Å². The van der Waals surface area contributed by atoms with Crippen LogP contribution in [0.5, 0.6) is 0 Å². The molecule has 1 amide bonds. The second-order valence-electron chi connectivity index (χ2n) is 7.30. The van der Waals surface area contributed by atoms with Gasteiger partial charge in [0.2, 0.25) is 5.91 Å². The van der Waals surface area contributed by atoms with Gasteiger partial charge in [-0.25, -0.2) is 9.18 Å². The van der Waals surface area contributed by atoms with E-state index in [-0.39, 0.29) is 12.5 Å². The number of benzene rings is 3. The van der Waals surface area contributed by atoms with Crippen molar-refractivity contribution in [3.05, 3.63) is 77.6 Å². The van der Waals surface area contributed by atoms with Crippen LogP contribution in [-0.2, 0) is 16.1 Å². The highest BCUT2D eigenvalue weighted by Gasteiger charge is 2.43. The van der Waals surface area contributed by atoms with Crippen molar-refractivity contribution in [2.45, 2.75) is 25.4 Å². The Bertz CT molecular complexity index is 1090. The number of carboxylic acid groups (broad SMARTS) is 1. The predicted octanol–water partition coefficient (Wildman–Crippen LogP) is 3.67. The smallest absolute Gasteiger partial charge is 0.327 e. The van der Waals surface area contributed by atoms with Gasteiger partial charge >= 0.3 is 5.97 Å². The fourth-order valence-corrected chi connectivity index (χ4v) is 4.20. The lowest BCUT2D eigenvalue weighted by molar-refractivity contribution is -0.139. The molecule has 148 valence electrons. The zero-order valence-corrected chi connectivity index (χ0v) is 15.9. The Hall–Kier alpha value is -3.41. The molecule has 3 aromatic rings. The monoisotopic (exact) mass is 392 g/mol. The number of aliphatic carboxylic acids is 1. The third-order valence-corrected chi connectivity index (χ3v) is 5.46. The van der Waals surface area contributed by atoms with E-state index in [0.717, 1.165) is 16.3 Å². The normalized spacial score (nSPS) is 17.9. The number of rotatable bonds is 5. The topological polar surface area (TPSA) is 69.6 Å². The Morgan fingerprint density at radius 1 is 1.10 bits per heavy atom. The molecule has 0 saturated carbocycles. The summed E-state index contributed by atoms with van der Waals surface area (Å²) in [5.74, 6) is -2.22. The molecular weight excluding hydrogens is 371 g/mol. The summed E-state index contributed by atoms with van der Waals surface area (Å²) in [6.07, 6.45) is 0. The van der Waals surface area contributed by atoms with Gasteiger partial charge in [0.05, 0.1) is 0 Å². The first-order chi connectivity index (χ1) is 14.0. The highest BCUT2D eigenvalue weighted by Crippen LogP contribution is 2.42. The number of carbonyl (C=O) groups excluding carboxylic acids is 1. The lowest BCUT2D eigenvalue weighted by atomic mass is 9.94. The molecule has 0 aliphatic carbocycles. The minimum absolute atomic E-state index is 0.134. The van der Waals surface area contributed by atoms with Crippen molar-refractivity contribution in [2.24, 2.45) is 0 Å². The van der Waals surface area contributed by atoms with Gasteiger partial charge in [0, 0.05) is 31.6 Å². The Morgan fingerprint density at radius 3 is 2.62 bits per heavy atom. The van der Waals surface area contributed by atoms with E-state index in [1.807, 2.05) is 42.5 Å². The van der Waals surface area contributed by atoms with Crippen LogP contribution in [0.2, 0.25) is 0 Å². The van der Waals surface area contributed by atoms with E-state index < -0.39 is 23.7 Å². The largest absolute Gasteiger partial charge is 0.480 e. The van der Waals surface area contributed by atoms with Gasteiger partial charge in [-0.1, -0.05) is 42.5 Å². The van der Waals surface area contributed by atoms with E-state index in [9.17, 15) is 19.1 Å². The van der Waals surface area contributed by atoms with Gasteiger partial charge < -0.3 is 15.3 Å². The molecule has 1 aliphatic heterocycles. The number of carboxylic acids is 1. The highest BCUT2D eigenvalue weighted by molar-refractivity contribution is 5.88. The standard InChI is InChI=1S/C23H21FN2O3/c1-14(27)25-12-20-19-11-17(24)9-10-21(19)26(22(20)23(28)29)13-16-7-4-6-15-5-2-3-8-18(15)16/h2-11,20,22H,12-13H2,1H3,(H,25,27)(H,28,29). The Labute approximate surface area is 167 Å². The minimum Gasteiger partial charge on any atom is -0.480 e. The first kappa shape index (κ1) is 18.9. The number of halogens is 1. The van der Waals surface area contributed by atoms with Gasteiger partial charge in [-0.3, -0.25) is 4.79 Å². The average Bonchev–Trinajstić information content (AvgIpc) is 2.99. The number of hydrogen-bond acceptors (Lipinski definition) is 3. The number of hydrogen-bond donors (Lipinski definition) is 2. The number of fused-ring (bicyclic) bond motifs is 2. The van der Waals surface area contributed by atoms with Crippen molar-refractivity contribution >= 4 is 28.3 Å². The van der Waals surface area contributed by atoms with Crippen molar-refractivity contribution in [1.29, 1.82) is 0 Å². The Balaban J connectivity index is 1.78. The molecule has 3 aromatic carbocycles. The molecule has 0 radical (unpaired) electrons. The first-order valence-electron chi connectivity index (χ1n) is 9.45. The summed E-state index contributed by atoms with van der Waals surface area (Å²) in [6, 6.07) is 17.3. The van der Waals surface area contributed by atoms with Gasteiger partial charge in [-0.05, 0) is 40.1 Å². The van der Waals surface area contributed by atoms with Crippen LogP contribution < -0.4 is 10.2 Å². The average molecular weight is 392 g/mol. The molecule has 4 rings (SSSR count). The molecule has 0 saturated heterocycles. The molecule has 2 atom stereocenters. The molecular formula is C23H21FN2O3. The molecule has 29 heavy (non-hydrogen) atoms. The predicted molar refractivity (Wildman–Crippen MR) is 109 cm³/mol. The Morgan fingerprint density at radius 2 is 1.86 bits per heavy atom. The lowest BCUT2D eigenvalue weighted by Crippen LogP contribution is -2.43. The van der Waals surface area contributed by atoms with Crippen molar-refractivity contribution in [3.8, 4) is 0 Å². The third kappa shape index (κ3) is 3.53. The van der Waals surface area contributed by atoms with E-state index in [1.165, 1.54) is 19.1 Å².